The zero-order chi connectivity index (χ0) is 22.1. The topological polar surface area (TPSA) is 112 Å². The number of hydrogen-bond donors (Lipinski definition) is 1. The zero-order valence-electron chi connectivity index (χ0n) is 16.5. The highest BCUT2D eigenvalue weighted by Gasteiger charge is 2.20. The van der Waals surface area contributed by atoms with Gasteiger partial charge < -0.3 is 10.1 Å². The number of carbonyl (C=O) groups excluding carboxylic acids is 1. The highest BCUT2D eigenvalue weighted by atomic mass is 79.9. The number of nitro benzene ring substituents is 1. The lowest BCUT2D eigenvalue weighted by molar-refractivity contribution is -0.384. The minimum Gasteiger partial charge on any atom is -0.457 e. The normalized spacial score (nSPS) is 10.8. The Kier molecular flexibility index (Phi) is 5.38. The molecule has 0 bridgehead atoms. The molecule has 0 radical (unpaired) electrons. The number of nitro groups is 1. The monoisotopic (exact) mass is 481 g/mol. The Balaban J connectivity index is 1.66. The van der Waals surface area contributed by atoms with Crippen molar-refractivity contribution in [3.63, 3.8) is 0 Å². The van der Waals surface area contributed by atoms with Crippen molar-refractivity contribution in [3.05, 3.63) is 86.3 Å². The summed E-state index contributed by atoms with van der Waals surface area (Å²) in [6.45, 7) is 3.86. The molecule has 0 spiro atoms. The van der Waals surface area contributed by atoms with Gasteiger partial charge in [-0.15, -0.1) is 0 Å². The van der Waals surface area contributed by atoms with E-state index in [0.29, 0.717) is 15.9 Å². The van der Waals surface area contributed by atoms with Crippen LogP contribution in [0.15, 0.2) is 59.3 Å². The van der Waals surface area contributed by atoms with E-state index in [1.165, 1.54) is 22.7 Å². The molecular formula is C21H16BrN5O4. The SMILES string of the molecule is Cc1cc(C)cc(Oc2cc(NC(=O)c3nn4cccnc4c3Br)cc([N+](=O)[O-])c2)c1. The molecule has 4 aromatic rings. The number of fused-ring (bicyclic) bond motifs is 1. The maximum absolute atomic E-state index is 12.8. The predicted molar refractivity (Wildman–Crippen MR) is 118 cm³/mol. The molecule has 0 saturated carbocycles. The molecule has 1 amide bonds. The molecule has 2 aromatic carbocycles. The largest absolute Gasteiger partial charge is 0.457 e. The van der Waals surface area contributed by atoms with Gasteiger partial charge in [0.05, 0.1) is 21.1 Å². The summed E-state index contributed by atoms with van der Waals surface area (Å²) >= 11 is 3.34. The summed E-state index contributed by atoms with van der Waals surface area (Å²) in [7, 11) is 0. The molecule has 156 valence electrons. The number of nitrogens with one attached hydrogen (secondary N) is 1. The smallest absolute Gasteiger partial charge is 0.277 e. The van der Waals surface area contributed by atoms with E-state index < -0.39 is 10.8 Å². The van der Waals surface area contributed by atoms with E-state index >= 15 is 0 Å². The molecule has 9 nitrogen and oxygen atoms in total. The van der Waals surface area contributed by atoms with Crippen LogP contribution in [0.5, 0.6) is 11.5 Å². The van der Waals surface area contributed by atoms with E-state index in [1.807, 2.05) is 32.0 Å². The number of halogens is 1. The van der Waals surface area contributed by atoms with Crippen molar-refractivity contribution in [3.8, 4) is 11.5 Å². The number of rotatable bonds is 5. The number of aryl methyl sites for hydroxylation is 2. The Morgan fingerprint density at radius 1 is 1.13 bits per heavy atom. The van der Waals surface area contributed by atoms with Gasteiger partial charge in [-0.25, -0.2) is 9.50 Å². The second-order valence-electron chi connectivity index (χ2n) is 6.90. The Morgan fingerprint density at radius 3 is 2.52 bits per heavy atom. The second-order valence-corrected chi connectivity index (χ2v) is 7.70. The number of aromatic nitrogens is 3. The summed E-state index contributed by atoms with van der Waals surface area (Å²) in [6.07, 6.45) is 3.24. The lowest BCUT2D eigenvalue weighted by Gasteiger charge is -2.10. The van der Waals surface area contributed by atoms with Crippen molar-refractivity contribution in [2.45, 2.75) is 13.8 Å². The van der Waals surface area contributed by atoms with Crippen LogP contribution in [0.3, 0.4) is 0 Å². The molecule has 0 aliphatic heterocycles. The first-order chi connectivity index (χ1) is 14.8. The molecule has 0 saturated heterocycles. The molecule has 1 N–H and O–H groups in total. The fourth-order valence-corrected chi connectivity index (χ4v) is 3.69. The first-order valence-corrected chi connectivity index (χ1v) is 9.95. The van der Waals surface area contributed by atoms with E-state index in [4.69, 9.17) is 4.74 Å². The number of non-ortho nitro benzene ring substituents is 1. The number of carbonyl (C=O) groups is 1. The third-order valence-corrected chi connectivity index (χ3v) is 5.08. The van der Waals surface area contributed by atoms with Crippen LogP contribution in [-0.2, 0) is 0 Å². The van der Waals surface area contributed by atoms with Gasteiger partial charge in [-0.3, -0.25) is 14.9 Å². The quantitative estimate of drug-likeness (QED) is 0.314. The van der Waals surface area contributed by atoms with Gasteiger partial charge >= 0.3 is 0 Å². The first kappa shape index (κ1) is 20.5. The van der Waals surface area contributed by atoms with Crippen LogP contribution < -0.4 is 10.1 Å². The van der Waals surface area contributed by atoms with Crippen molar-refractivity contribution in [1.29, 1.82) is 0 Å². The predicted octanol–water partition coefficient (Wildman–Crippen LogP) is 5.06. The third kappa shape index (κ3) is 4.38. The summed E-state index contributed by atoms with van der Waals surface area (Å²) in [5.41, 5.74) is 2.56. The van der Waals surface area contributed by atoms with Crippen LogP contribution in [0.25, 0.3) is 5.65 Å². The maximum Gasteiger partial charge on any atom is 0.277 e. The molecule has 0 aliphatic carbocycles. The molecular weight excluding hydrogens is 466 g/mol. The van der Waals surface area contributed by atoms with E-state index in [1.54, 1.807) is 18.5 Å². The van der Waals surface area contributed by atoms with Gasteiger partial charge in [0.15, 0.2) is 11.3 Å². The van der Waals surface area contributed by atoms with Gasteiger partial charge in [0.25, 0.3) is 11.6 Å². The Labute approximate surface area is 185 Å². The lowest BCUT2D eigenvalue weighted by atomic mass is 10.1. The van der Waals surface area contributed by atoms with Crippen molar-refractivity contribution in [1.82, 2.24) is 14.6 Å². The molecule has 31 heavy (non-hydrogen) atoms. The highest BCUT2D eigenvalue weighted by Crippen LogP contribution is 2.31. The molecule has 0 fully saturated rings. The highest BCUT2D eigenvalue weighted by molar-refractivity contribution is 9.10. The number of amides is 1. The minimum atomic E-state index is -0.547. The lowest BCUT2D eigenvalue weighted by Crippen LogP contribution is -2.13. The molecule has 0 aliphatic rings. The first-order valence-electron chi connectivity index (χ1n) is 9.16. The molecule has 4 rings (SSSR count). The number of hydrogen-bond acceptors (Lipinski definition) is 6. The number of anilines is 1. The second kappa shape index (κ2) is 8.15. The maximum atomic E-state index is 12.8. The summed E-state index contributed by atoms with van der Waals surface area (Å²) in [4.78, 5) is 27.8. The van der Waals surface area contributed by atoms with Crippen LogP contribution in [0.2, 0.25) is 0 Å². The van der Waals surface area contributed by atoms with Gasteiger partial charge in [-0.2, -0.15) is 5.10 Å². The van der Waals surface area contributed by atoms with Crippen molar-refractivity contribution >= 4 is 38.9 Å². The molecule has 2 aromatic heterocycles. The van der Waals surface area contributed by atoms with Crippen molar-refractivity contribution < 1.29 is 14.5 Å². The fourth-order valence-electron chi connectivity index (χ4n) is 3.14. The standard InChI is InChI=1S/C21H16BrN5O4/c1-12-6-13(2)8-16(7-12)31-17-10-14(9-15(11-17)27(29)30)24-21(28)19-18(22)20-23-4-3-5-26(20)25-19/h3-11H,1-2H3,(H,24,28). The van der Waals surface area contributed by atoms with E-state index in [2.05, 4.69) is 31.3 Å². The number of nitrogens with zero attached hydrogens (tertiary/aromatic N) is 4. The average Bonchev–Trinajstić information content (AvgIpc) is 3.04. The average molecular weight is 482 g/mol. The van der Waals surface area contributed by atoms with Gasteiger partial charge in [0.2, 0.25) is 0 Å². The van der Waals surface area contributed by atoms with E-state index in [-0.39, 0.29) is 22.8 Å². The minimum absolute atomic E-state index is 0.0991. The Bertz CT molecular complexity index is 1310. The summed E-state index contributed by atoms with van der Waals surface area (Å²) in [5, 5.41) is 18.3. The van der Waals surface area contributed by atoms with Gasteiger partial charge in [0, 0.05) is 24.5 Å². The van der Waals surface area contributed by atoms with Crippen molar-refractivity contribution in [2.24, 2.45) is 0 Å². The Morgan fingerprint density at radius 2 is 1.84 bits per heavy atom. The Hall–Kier alpha value is -3.79. The van der Waals surface area contributed by atoms with Gasteiger partial charge in [-0.1, -0.05) is 6.07 Å². The van der Waals surface area contributed by atoms with Crippen LogP contribution >= 0.6 is 15.9 Å². The zero-order valence-corrected chi connectivity index (χ0v) is 18.1. The fraction of sp³-hybridized carbons (Fsp3) is 0.0952. The van der Waals surface area contributed by atoms with Crippen molar-refractivity contribution in [2.75, 3.05) is 5.32 Å². The number of benzene rings is 2. The summed E-state index contributed by atoms with van der Waals surface area (Å²) in [6, 6.07) is 11.4. The third-order valence-electron chi connectivity index (χ3n) is 4.35. The summed E-state index contributed by atoms with van der Waals surface area (Å²) in [5.74, 6) is 0.227. The van der Waals surface area contributed by atoms with E-state index in [0.717, 1.165) is 11.1 Å². The molecule has 0 unspecified atom stereocenters. The molecule has 2 heterocycles. The summed E-state index contributed by atoms with van der Waals surface area (Å²) < 4.78 is 7.71. The van der Waals surface area contributed by atoms with E-state index in [9.17, 15) is 14.9 Å². The van der Waals surface area contributed by atoms with Crippen LogP contribution in [0.1, 0.15) is 21.6 Å². The number of ether oxygens (including phenoxy) is 1. The van der Waals surface area contributed by atoms with Gasteiger partial charge in [-0.05, 0) is 59.1 Å². The van der Waals surface area contributed by atoms with Gasteiger partial charge in [0.1, 0.15) is 11.5 Å². The van der Waals surface area contributed by atoms with Crippen LogP contribution in [0.4, 0.5) is 11.4 Å². The van der Waals surface area contributed by atoms with Crippen LogP contribution in [-0.4, -0.2) is 25.4 Å². The molecule has 10 heteroatoms. The molecule has 0 atom stereocenters. The van der Waals surface area contributed by atoms with Crippen LogP contribution in [0, 0.1) is 24.0 Å².